The molecule has 0 aromatic heterocycles. The molecule has 4 heterocycles. The fraction of sp³-hybridized carbons (Fsp3) is 0.467. The number of nitrogens with zero attached hydrogens (tertiary/aromatic N) is 6. The molecule has 4 saturated heterocycles. The van der Waals surface area contributed by atoms with Crippen LogP contribution in [0.1, 0.15) is 171 Å². The number of benzene rings is 7. The number of phenols is 4. The van der Waals surface area contributed by atoms with Gasteiger partial charge < -0.3 is 57.8 Å². The van der Waals surface area contributed by atoms with E-state index in [9.17, 15) is 30.8 Å². The predicted molar refractivity (Wildman–Crippen MR) is 445 cm³/mol. The topological polar surface area (TPSA) is 305 Å². The first-order valence-corrected chi connectivity index (χ1v) is 44.1. The average molecular weight is 1560 g/mol. The molecule has 4 aliphatic heterocycles. The third-order valence-electron chi connectivity index (χ3n) is 21.5. The number of aromatic hydroxyl groups is 4. The molecule has 0 spiro atoms. The van der Waals surface area contributed by atoms with E-state index in [-0.39, 0.29) is 44.9 Å². The Morgan fingerprint density at radius 3 is 0.964 bits per heavy atom. The highest BCUT2D eigenvalue weighted by Gasteiger charge is 2.43. The predicted octanol–water partition coefficient (Wildman–Crippen LogP) is 19.7. The summed E-state index contributed by atoms with van der Waals surface area (Å²) in [5, 5.41) is 90.9. The van der Waals surface area contributed by atoms with E-state index in [4.69, 9.17) is 58.5 Å². The van der Waals surface area contributed by atoms with Gasteiger partial charge in [-0.3, -0.25) is 0 Å². The molecule has 0 radical (unpaired) electrons. The van der Waals surface area contributed by atoms with Crippen molar-refractivity contribution in [1.29, 1.82) is 31.6 Å². The first kappa shape index (κ1) is 92.6. The zero-order valence-corrected chi connectivity index (χ0v) is 71.4. The Morgan fingerprint density at radius 2 is 0.634 bits per heavy atom. The van der Waals surface area contributed by atoms with E-state index in [1.54, 1.807) is 7.11 Å². The van der Waals surface area contributed by atoms with E-state index >= 15 is 0 Å². The van der Waals surface area contributed by atoms with Crippen molar-refractivity contribution in [3.8, 4) is 76.7 Å². The number of methoxy groups -OCH3 is 1. The van der Waals surface area contributed by atoms with Crippen LogP contribution in [0.4, 0.5) is 0 Å². The Hall–Kier alpha value is -9.98. The van der Waals surface area contributed by atoms with Gasteiger partial charge in [-0.1, -0.05) is 118 Å². The van der Waals surface area contributed by atoms with Crippen molar-refractivity contribution in [2.75, 3.05) is 60.0 Å². The van der Waals surface area contributed by atoms with E-state index < -0.39 is 32.9 Å². The first-order valence-electron chi connectivity index (χ1n) is 38.3. The third-order valence-corrected chi connectivity index (χ3v) is 30.3. The number of hydrogen-bond acceptors (Lipinski definition) is 18. The Bertz CT molecular complexity index is 4300. The van der Waals surface area contributed by atoms with Crippen molar-refractivity contribution >= 4 is 22.9 Å². The molecular formula is C92H118N6O12Si2. The van der Waals surface area contributed by atoms with E-state index in [0.29, 0.717) is 89.7 Å². The molecule has 0 unspecified atom stereocenters. The summed E-state index contributed by atoms with van der Waals surface area (Å²) in [6.07, 6.45) is 8.08. The van der Waals surface area contributed by atoms with Crippen LogP contribution in [0.2, 0.25) is 36.3 Å². The van der Waals surface area contributed by atoms with Crippen LogP contribution < -0.4 is 13.6 Å². The maximum absolute atomic E-state index is 11.9. The van der Waals surface area contributed by atoms with Crippen LogP contribution in [-0.4, -0.2) is 103 Å². The van der Waals surface area contributed by atoms with Crippen molar-refractivity contribution in [3.63, 3.8) is 0 Å². The molecule has 112 heavy (non-hydrogen) atoms. The number of carbonyl (C=O) groups excluding carboxylic acids is 1. The van der Waals surface area contributed by atoms with Crippen LogP contribution >= 0.6 is 0 Å². The van der Waals surface area contributed by atoms with Crippen LogP contribution in [0.3, 0.4) is 0 Å². The van der Waals surface area contributed by atoms with Crippen LogP contribution in [0.15, 0.2) is 127 Å². The number of aryl methyl sites for hydroxylation is 7. The summed E-state index contributed by atoms with van der Waals surface area (Å²) in [7, 11) is -2.14. The molecule has 7 aromatic rings. The van der Waals surface area contributed by atoms with E-state index in [1.165, 1.54) is 58.7 Å². The highest BCUT2D eigenvalue weighted by atomic mass is 28.4. The Labute approximate surface area is 669 Å². The molecule has 4 fully saturated rings. The van der Waals surface area contributed by atoms with Crippen molar-refractivity contribution in [2.45, 2.75) is 219 Å². The minimum absolute atomic E-state index is 0.0175. The van der Waals surface area contributed by atoms with E-state index in [2.05, 4.69) is 199 Å². The largest absolute Gasteiger partial charge is 0.543 e. The highest BCUT2D eigenvalue weighted by Crippen LogP contribution is 2.44. The molecule has 4 N–H and O–H groups in total. The molecule has 7 aromatic carbocycles. The van der Waals surface area contributed by atoms with Gasteiger partial charge in [0.05, 0.1) is 84.4 Å². The fourth-order valence-electron chi connectivity index (χ4n) is 13.2. The third kappa shape index (κ3) is 27.5. The molecule has 20 heteroatoms. The van der Waals surface area contributed by atoms with Crippen molar-refractivity contribution in [2.24, 2.45) is 0 Å². The summed E-state index contributed by atoms with van der Waals surface area (Å²) >= 11 is 0. The molecule has 0 bridgehead atoms. The summed E-state index contributed by atoms with van der Waals surface area (Å²) < 4.78 is 39.5. The quantitative estimate of drug-likeness (QED) is 0.0616. The van der Waals surface area contributed by atoms with Gasteiger partial charge in [-0.05, 0) is 252 Å². The lowest BCUT2D eigenvalue weighted by molar-refractivity contribution is -0.115. The minimum atomic E-state index is -1.89. The SMILES string of the molecule is COc1cc(C)cc(CC#N)c1.Cc1cc(C)cc(C2(C#N)CCOCC2)c1.Cc1cc(C)cc(CC#N)c1.Cc1cc(O[Si](C)(C)C(C)(C)C)cc(C2(C#N)CCOCC2)c1.Cc1cc(O[Si](C)(C)C(C)(C)C)cc(C2(C=O)CCOCC2)c1.N#CC1(c2cc(O)cc(O)c2)CCOCC1.N#CCc1cc(O)cc(O)c1. The first-order chi connectivity index (χ1) is 52.7. The maximum Gasteiger partial charge on any atom is 0.250 e. The number of nitriles is 6. The molecular weight excluding hydrogens is 1440 g/mol. The summed E-state index contributed by atoms with van der Waals surface area (Å²) in [5.74, 6) is 2.56. The van der Waals surface area contributed by atoms with Gasteiger partial charge in [0.2, 0.25) is 16.6 Å². The van der Waals surface area contributed by atoms with Crippen molar-refractivity contribution in [3.05, 3.63) is 205 Å². The maximum atomic E-state index is 11.9. The lowest BCUT2D eigenvalue weighted by Gasteiger charge is -2.37. The normalized spacial score (nSPS) is 15.8. The van der Waals surface area contributed by atoms with Crippen LogP contribution in [0, 0.1) is 116 Å². The second kappa shape index (κ2) is 42.1. The van der Waals surface area contributed by atoms with E-state index in [1.807, 2.05) is 45.0 Å². The lowest BCUT2D eigenvalue weighted by atomic mass is 9.75. The number of rotatable bonds is 13. The Balaban J connectivity index is 0.000000238. The number of hydrogen-bond donors (Lipinski definition) is 4. The van der Waals surface area contributed by atoms with Crippen LogP contribution in [-0.2, 0) is 64.7 Å². The number of carbonyl (C=O) groups is 1. The summed E-state index contributed by atoms with van der Waals surface area (Å²) in [4.78, 5) is 11.9. The van der Waals surface area contributed by atoms with Gasteiger partial charge in [-0.25, -0.2) is 0 Å². The monoisotopic (exact) mass is 1550 g/mol. The molecule has 4 aliphatic rings. The smallest absolute Gasteiger partial charge is 0.250 e. The van der Waals surface area contributed by atoms with Gasteiger partial charge in [0.15, 0.2) is 0 Å². The molecule has 0 aliphatic carbocycles. The molecule has 0 amide bonds. The summed E-state index contributed by atoms with van der Waals surface area (Å²) in [6.45, 7) is 41.9. The van der Waals surface area contributed by atoms with Gasteiger partial charge in [0.1, 0.15) is 46.5 Å². The van der Waals surface area contributed by atoms with Crippen molar-refractivity contribution in [1.82, 2.24) is 0 Å². The minimum Gasteiger partial charge on any atom is -0.543 e. The highest BCUT2D eigenvalue weighted by molar-refractivity contribution is 6.75. The Morgan fingerprint density at radius 1 is 0.366 bits per heavy atom. The second-order valence-corrected chi connectivity index (χ2v) is 42.4. The molecule has 596 valence electrons. The van der Waals surface area contributed by atoms with Crippen LogP contribution in [0.5, 0.6) is 40.2 Å². The summed E-state index contributed by atoms with van der Waals surface area (Å²) in [6, 6.07) is 53.0. The standard InChI is InChI=1S/C19H29NO2Si.C19H30O3Si.C14H17NO.C12H13NO3.C10H11NO.C10H11N.C8H7NO2/c2*1-15-11-16(19(14-20)7-9-21-10-8-19)13-17(12-15)22-23(5,6)18(2,3)4;1-11-7-12(2)9-13(8-11)14(10-15)3-5-16-6-4-14;13-8-12(1-3-16-4-2-12)9-5-10(14)7-11(15)6-9;1-8-5-9(3-4-11)7-10(6-8)12-2;1-8-5-9(2)7-10(6-8)3-4-11;9-2-1-6-3-7(10)5-8(11)4-6/h11-13H,7-10H2,1-6H3;11-14H,7-10H2,1-6H3;7-9H,3-6H2,1-2H3;5-7,14-15H,1-4H2;5-7H,3H2,1-2H3;5-7H,3H2,1-2H3;3-5,10-11H,1H2. The molecule has 11 rings (SSSR count). The van der Waals surface area contributed by atoms with Gasteiger partial charge >= 0.3 is 0 Å². The Kier molecular flexibility index (Phi) is 34.8. The number of aldehydes is 1. The number of phenolic OH excluding ortho intramolecular Hbond substituents is 4. The fourth-order valence-corrected chi connectivity index (χ4v) is 15.2. The molecule has 0 atom stereocenters. The zero-order chi connectivity index (χ0) is 83.3. The van der Waals surface area contributed by atoms with E-state index in [0.717, 1.165) is 107 Å². The summed E-state index contributed by atoms with van der Waals surface area (Å²) in [5.41, 5.74) is 13.2. The van der Waals surface area contributed by atoms with Crippen molar-refractivity contribution < 1.29 is 57.8 Å². The second-order valence-electron chi connectivity index (χ2n) is 32.9. The van der Waals surface area contributed by atoms with Crippen LogP contribution in [0.25, 0.3) is 0 Å². The zero-order valence-electron chi connectivity index (χ0n) is 69.4. The average Bonchev–Trinajstić information content (AvgIpc) is 0.795. The van der Waals surface area contributed by atoms with Gasteiger partial charge in [0.25, 0.3) is 0 Å². The van der Waals surface area contributed by atoms with Gasteiger partial charge in [-0.15, -0.1) is 0 Å². The molecule has 0 saturated carbocycles. The number of ether oxygens (including phenoxy) is 5. The lowest BCUT2D eigenvalue weighted by Crippen LogP contribution is -2.44. The van der Waals surface area contributed by atoms with Gasteiger partial charge in [-0.2, -0.15) is 31.6 Å². The molecule has 18 nitrogen and oxygen atoms in total. The van der Waals surface area contributed by atoms with Gasteiger partial charge in [0, 0.05) is 65.0 Å².